The summed E-state index contributed by atoms with van der Waals surface area (Å²) in [4.78, 5) is 22.6. The van der Waals surface area contributed by atoms with Crippen molar-refractivity contribution in [1.29, 1.82) is 0 Å². The molecule has 1 aliphatic heterocycles. The van der Waals surface area contributed by atoms with Crippen LogP contribution in [0.25, 0.3) is 10.9 Å². The molecule has 0 saturated heterocycles. The second-order valence-corrected chi connectivity index (χ2v) is 16.0. The molecule has 248 valence electrons. The maximum absolute atomic E-state index is 10.9. The molecule has 1 atom stereocenters. The van der Waals surface area contributed by atoms with Gasteiger partial charge < -0.3 is 30.0 Å². The molecule has 8 heteroatoms. The Labute approximate surface area is 274 Å². The number of hydrogen-bond donors (Lipinski definition) is 2. The number of pyridine rings is 1. The first-order valence-corrected chi connectivity index (χ1v) is 20.5. The Hall–Kier alpha value is -1.65. The second kappa shape index (κ2) is 19.0. The van der Waals surface area contributed by atoms with E-state index in [4.69, 9.17) is 10.5 Å². The SMILES string of the molecule is CC.CCCCC1Nc2c(N)nc3ccccc3c2N1CCCC[N+](C)(C)CC(C)(C)COCC(C)(C)CC=O.C[I-]C. The van der Waals surface area contributed by atoms with E-state index < -0.39 is 0 Å². The number of nitrogens with one attached hydrogen (secondary N) is 1. The minimum atomic E-state index is -0.105. The first kappa shape index (κ1) is 39.4. The van der Waals surface area contributed by atoms with Crippen molar-refractivity contribution in [1.82, 2.24) is 4.98 Å². The van der Waals surface area contributed by atoms with Gasteiger partial charge in [-0.15, -0.1) is 0 Å². The number of carbonyl (C=O) groups excluding carboxylic acids is 1. The van der Waals surface area contributed by atoms with Crippen LogP contribution in [0.4, 0.5) is 17.2 Å². The molecule has 2 aromatic rings. The van der Waals surface area contributed by atoms with E-state index in [1.807, 2.05) is 19.9 Å². The van der Waals surface area contributed by atoms with Crippen molar-refractivity contribution in [2.45, 2.75) is 93.2 Å². The molecule has 0 aliphatic carbocycles. The molecule has 0 bridgehead atoms. The monoisotopic (exact) mass is 713 g/mol. The number of fused-ring (bicyclic) bond motifs is 3. The van der Waals surface area contributed by atoms with Crippen LogP contribution in [0, 0.1) is 10.8 Å². The number of nitrogen functional groups attached to an aromatic ring is 1. The molecule has 43 heavy (non-hydrogen) atoms. The molecule has 0 radical (unpaired) electrons. The van der Waals surface area contributed by atoms with E-state index in [0.717, 1.165) is 60.9 Å². The summed E-state index contributed by atoms with van der Waals surface area (Å²) in [6, 6.07) is 8.34. The number of alkyl halides is 2. The number of aromatic nitrogens is 1. The van der Waals surface area contributed by atoms with Crippen molar-refractivity contribution < 1.29 is 35.2 Å². The Morgan fingerprint density at radius 1 is 1.07 bits per heavy atom. The molecule has 3 N–H and O–H groups in total. The van der Waals surface area contributed by atoms with Gasteiger partial charge in [-0.05, 0) is 37.2 Å². The van der Waals surface area contributed by atoms with E-state index in [0.29, 0.717) is 46.7 Å². The number of ether oxygens (including phenoxy) is 1. The molecule has 1 aromatic heterocycles. The van der Waals surface area contributed by atoms with Gasteiger partial charge in [0.25, 0.3) is 0 Å². The zero-order valence-corrected chi connectivity index (χ0v) is 31.5. The summed E-state index contributed by atoms with van der Waals surface area (Å²) in [5.41, 5.74) is 9.55. The fraction of sp³-hybridized carbons (Fsp3) is 0.714. The summed E-state index contributed by atoms with van der Waals surface area (Å²) in [6.45, 7) is 19.5. The number of hydrogen-bond acceptors (Lipinski definition) is 6. The summed E-state index contributed by atoms with van der Waals surface area (Å²) in [5, 5.41) is 4.89. The van der Waals surface area contributed by atoms with Crippen LogP contribution >= 0.6 is 0 Å². The average Bonchev–Trinajstić information content (AvgIpc) is 3.30. The Kier molecular flexibility index (Phi) is 17.4. The molecular formula is C35H64IN5O2. The molecule has 0 amide bonds. The molecule has 3 rings (SSSR count). The molecule has 0 saturated carbocycles. The van der Waals surface area contributed by atoms with E-state index in [1.54, 1.807) is 0 Å². The quantitative estimate of drug-likeness (QED) is 0.0882. The van der Waals surface area contributed by atoms with E-state index in [2.05, 4.69) is 92.0 Å². The van der Waals surface area contributed by atoms with E-state index in [-0.39, 0.29) is 17.0 Å². The van der Waals surface area contributed by atoms with Crippen LogP contribution in [0.1, 0.15) is 87.0 Å². The van der Waals surface area contributed by atoms with Crippen molar-refractivity contribution in [3.05, 3.63) is 24.3 Å². The van der Waals surface area contributed by atoms with Gasteiger partial charge in [0, 0.05) is 23.8 Å². The number of nitrogens with zero attached hydrogens (tertiary/aromatic N) is 3. The van der Waals surface area contributed by atoms with Crippen LogP contribution in [0.2, 0.25) is 0 Å². The number of para-hydroxylation sites is 1. The number of rotatable bonds is 16. The minimum absolute atomic E-state index is 0.0628. The summed E-state index contributed by atoms with van der Waals surface area (Å²) in [6.07, 6.45) is 7.52. The second-order valence-electron chi connectivity index (χ2n) is 13.8. The number of halogens is 1. The maximum atomic E-state index is 10.9. The van der Waals surface area contributed by atoms with Gasteiger partial charge in [0.15, 0.2) is 0 Å². The number of nitrogens with two attached hydrogens (primary N) is 1. The van der Waals surface area contributed by atoms with Gasteiger partial charge in [0.2, 0.25) is 0 Å². The first-order chi connectivity index (χ1) is 20.3. The Morgan fingerprint density at radius 2 is 1.70 bits per heavy atom. The molecule has 2 heterocycles. The summed E-state index contributed by atoms with van der Waals surface area (Å²) < 4.78 is 7.04. The van der Waals surface area contributed by atoms with Crippen LogP contribution in [-0.2, 0) is 9.53 Å². The molecule has 1 aliphatic rings. The Morgan fingerprint density at radius 3 is 2.33 bits per heavy atom. The van der Waals surface area contributed by atoms with Crippen LogP contribution in [-0.4, -0.2) is 78.7 Å². The van der Waals surface area contributed by atoms with Gasteiger partial charge in [0.1, 0.15) is 17.8 Å². The predicted molar refractivity (Wildman–Crippen MR) is 184 cm³/mol. The van der Waals surface area contributed by atoms with Gasteiger partial charge in [-0.2, -0.15) is 0 Å². The number of unbranched alkanes of at least 4 members (excludes halogenated alkanes) is 2. The molecular weight excluding hydrogens is 649 g/mol. The summed E-state index contributed by atoms with van der Waals surface area (Å²) >= 11 is 0.590. The third kappa shape index (κ3) is 13.1. The number of quaternary nitrogens is 1. The van der Waals surface area contributed by atoms with Gasteiger partial charge in [0.05, 0.1) is 57.8 Å². The predicted octanol–water partition coefficient (Wildman–Crippen LogP) is 4.44. The van der Waals surface area contributed by atoms with Gasteiger partial charge in [-0.3, -0.25) is 0 Å². The fourth-order valence-corrected chi connectivity index (χ4v) is 5.94. The normalized spacial score (nSPS) is 14.9. The number of benzene rings is 1. The third-order valence-corrected chi connectivity index (χ3v) is 7.59. The van der Waals surface area contributed by atoms with E-state index in [9.17, 15) is 4.79 Å². The molecule has 1 unspecified atom stereocenters. The third-order valence-electron chi connectivity index (χ3n) is 7.59. The van der Waals surface area contributed by atoms with E-state index in [1.165, 1.54) is 23.9 Å². The Bertz CT molecular complexity index is 1090. The van der Waals surface area contributed by atoms with Crippen LogP contribution in [0.5, 0.6) is 0 Å². The van der Waals surface area contributed by atoms with E-state index >= 15 is 0 Å². The van der Waals surface area contributed by atoms with Crippen LogP contribution in [0.15, 0.2) is 24.3 Å². The van der Waals surface area contributed by atoms with Crippen molar-refractivity contribution in [2.75, 3.05) is 72.8 Å². The Balaban J connectivity index is 0.00000174. The van der Waals surface area contributed by atoms with Gasteiger partial charge >= 0.3 is 31.1 Å². The number of carbonyl (C=O) groups is 1. The van der Waals surface area contributed by atoms with Gasteiger partial charge in [-0.1, -0.05) is 73.1 Å². The van der Waals surface area contributed by atoms with Crippen molar-refractivity contribution in [2.24, 2.45) is 10.8 Å². The van der Waals surface area contributed by atoms with Crippen LogP contribution in [0.3, 0.4) is 0 Å². The molecule has 7 nitrogen and oxygen atoms in total. The van der Waals surface area contributed by atoms with Crippen molar-refractivity contribution in [3.63, 3.8) is 0 Å². The zero-order valence-electron chi connectivity index (χ0n) is 29.4. The number of anilines is 3. The zero-order chi connectivity index (χ0) is 32.7. The topological polar surface area (TPSA) is 80.5 Å². The number of aldehydes is 1. The van der Waals surface area contributed by atoms with Crippen LogP contribution < -0.4 is 37.2 Å². The fourth-order valence-electron chi connectivity index (χ4n) is 5.94. The first-order valence-electron chi connectivity index (χ1n) is 16.2. The average molecular weight is 714 g/mol. The summed E-state index contributed by atoms with van der Waals surface area (Å²) in [5.74, 6) is 0.597. The summed E-state index contributed by atoms with van der Waals surface area (Å²) in [7, 11) is 4.66. The molecule has 0 spiro atoms. The van der Waals surface area contributed by atoms with Crippen molar-refractivity contribution in [3.8, 4) is 0 Å². The molecule has 1 aromatic carbocycles. The molecule has 0 fully saturated rings. The van der Waals surface area contributed by atoms with Gasteiger partial charge in [-0.25, -0.2) is 4.98 Å². The van der Waals surface area contributed by atoms with Crippen molar-refractivity contribution >= 4 is 34.4 Å². The standard InChI is InChI=1S/C31H52N5O2.C2H6I.C2H6/c1-8-9-16-26-34-27-28(24-14-10-11-15-25(24)33-29(27)32)35(26)18-12-13-19-36(6,7)21-31(4,5)23-38-22-30(2,3)17-20-37;1-3-2;1-2/h10-11,14-15,20,26,34H,8-9,12-13,16-19,21-23H2,1-7H3,(H2,32,33);1-2H3;1-2H3/q+1;-1;.